The first kappa shape index (κ1) is 17.8. The minimum absolute atomic E-state index is 0.0369. The zero-order chi connectivity index (χ0) is 19.0. The maximum atomic E-state index is 12.9. The van der Waals surface area contributed by atoms with Crippen LogP contribution in [0.3, 0.4) is 0 Å². The third kappa shape index (κ3) is 3.61. The Hall–Kier alpha value is -2.63. The Morgan fingerprint density at radius 3 is 2.33 bits per heavy atom. The average Bonchev–Trinajstić information content (AvgIpc) is 3.53. The van der Waals surface area contributed by atoms with E-state index in [1.165, 1.54) is 6.92 Å². The third-order valence-electron chi connectivity index (χ3n) is 5.71. The second kappa shape index (κ2) is 7.18. The van der Waals surface area contributed by atoms with Crippen LogP contribution in [0.5, 0.6) is 0 Å². The van der Waals surface area contributed by atoms with Crippen molar-refractivity contribution in [3.8, 4) is 0 Å². The molecule has 1 atom stereocenters. The van der Waals surface area contributed by atoms with Crippen molar-refractivity contribution in [3.05, 3.63) is 41.6 Å². The van der Waals surface area contributed by atoms with Crippen molar-refractivity contribution in [2.45, 2.75) is 32.2 Å². The van der Waals surface area contributed by atoms with Crippen LogP contribution in [0.25, 0.3) is 6.08 Å². The number of carbonyl (C=O) groups is 3. The zero-order valence-electron chi connectivity index (χ0n) is 15.6. The summed E-state index contributed by atoms with van der Waals surface area (Å²) >= 11 is 0. The van der Waals surface area contributed by atoms with Crippen LogP contribution in [0.4, 0.5) is 0 Å². The Morgan fingerprint density at radius 2 is 1.67 bits per heavy atom. The monoisotopic (exact) mass is 367 g/mol. The van der Waals surface area contributed by atoms with Gasteiger partial charge in [0.15, 0.2) is 0 Å². The number of rotatable bonds is 3. The first-order valence-electron chi connectivity index (χ1n) is 9.67. The fraction of sp³-hybridized carbons (Fsp3) is 0.476. The molecule has 3 aliphatic rings. The van der Waals surface area contributed by atoms with E-state index in [-0.39, 0.29) is 36.1 Å². The molecule has 27 heavy (non-hydrogen) atoms. The topological polar surface area (TPSA) is 60.9 Å². The number of fused-ring (bicyclic) bond motifs is 1. The number of amides is 3. The summed E-state index contributed by atoms with van der Waals surface area (Å²) in [6.45, 7) is 3.89. The number of hydrogen-bond acceptors (Lipinski definition) is 3. The van der Waals surface area contributed by atoms with Gasteiger partial charge in [-0.3, -0.25) is 14.4 Å². The van der Waals surface area contributed by atoms with Gasteiger partial charge < -0.3 is 14.7 Å². The molecule has 6 heteroatoms. The van der Waals surface area contributed by atoms with Crippen molar-refractivity contribution in [3.63, 3.8) is 0 Å². The molecular weight excluding hydrogens is 342 g/mol. The summed E-state index contributed by atoms with van der Waals surface area (Å²) in [7, 11) is 0. The maximum absolute atomic E-state index is 12.9. The highest BCUT2D eigenvalue weighted by molar-refractivity contribution is 5.83. The first-order valence-corrected chi connectivity index (χ1v) is 9.67. The fourth-order valence-electron chi connectivity index (χ4n) is 3.97. The molecule has 0 aromatic heterocycles. The lowest BCUT2D eigenvalue weighted by atomic mass is 9.93. The van der Waals surface area contributed by atoms with E-state index in [4.69, 9.17) is 0 Å². The summed E-state index contributed by atoms with van der Waals surface area (Å²) in [5.74, 6) is 0.436. The van der Waals surface area contributed by atoms with E-state index < -0.39 is 0 Å². The first-order chi connectivity index (χ1) is 13.0. The van der Waals surface area contributed by atoms with Crippen molar-refractivity contribution >= 4 is 23.8 Å². The Kier molecular flexibility index (Phi) is 4.72. The Balaban J connectivity index is 1.43. The van der Waals surface area contributed by atoms with E-state index in [2.05, 4.69) is 0 Å². The van der Waals surface area contributed by atoms with Crippen molar-refractivity contribution in [1.82, 2.24) is 14.7 Å². The molecule has 1 saturated carbocycles. The van der Waals surface area contributed by atoms with Gasteiger partial charge in [-0.2, -0.15) is 0 Å². The molecule has 2 heterocycles. The molecule has 1 aromatic carbocycles. The maximum Gasteiger partial charge on any atom is 0.225 e. The summed E-state index contributed by atoms with van der Waals surface area (Å²) in [5, 5.41) is 0. The molecule has 2 fully saturated rings. The predicted octanol–water partition coefficient (Wildman–Crippen LogP) is 2.03. The second-order valence-electron chi connectivity index (χ2n) is 7.57. The van der Waals surface area contributed by atoms with E-state index in [1.54, 1.807) is 11.1 Å². The highest BCUT2D eigenvalue weighted by Crippen LogP contribution is 2.34. The quantitative estimate of drug-likeness (QED) is 0.821. The van der Waals surface area contributed by atoms with E-state index >= 15 is 0 Å². The highest BCUT2D eigenvalue weighted by Gasteiger charge is 2.36. The second-order valence-corrected chi connectivity index (χ2v) is 7.57. The minimum Gasteiger partial charge on any atom is -0.339 e. The van der Waals surface area contributed by atoms with Crippen molar-refractivity contribution in [1.29, 1.82) is 0 Å². The van der Waals surface area contributed by atoms with Gasteiger partial charge in [0.1, 0.15) is 0 Å². The largest absolute Gasteiger partial charge is 0.339 e. The normalized spacial score (nSPS) is 21.8. The van der Waals surface area contributed by atoms with Crippen LogP contribution in [0.1, 0.15) is 43.4 Å². The van der Waals surface area contributed by atoms with Gasteiger partial charge in [-0.25, -0.2) is 0 Å². The molecule has 0 N–H and O–H groups in total. The molecule has 0 bridgehead atoms. The van der Waals surface area contributed by atoms with Gasteiger partial charge in [-0.05, 0) is 30.0 Å². The van der Waals surface area contributed by atoms with Crippen molar-refractivity contribution in [2.24, 2.45) is 5.92 Å². The summed E-state index contributed by atoms with van der Waals surface area (Å²) in [5.41, 5.74) is 2.05. The lowest BCUT2D eigenvalue weighted by molar-refractivity contribution is -0.141. The van der Waals surface area contributed by atoms with E-state index in [0.717, 1.165) is 24.0 Å². The van der Waals surface area contributed by atoms with Gasteiger partial charge in [0.05, 0.1) is 12.5 Å². The van der Waals surface area contributed by atoms with E-state index in [0.29, 0.717) is 26.2 Å². The van der Waals surface area contributed by atoms with Crippen LogP contribution >= 0.6 is 0 Å². The highest BCUT2D eigenvalue weighted by atomic mass is 16.2. The Bertz CT molecular complexity index is 792. The lowest BCUT2D eigenvalue weighted by Gasteiger charge is -2.37. The lowest BCUT2D eigenvalue weighted by Crippen LogP contribution is -2.51. The molecule has 2 aliphatic heterocycles. The van der Waals surface area contributed by atoms with Gasteiger partial charge in [-0.15, -0.1) is 0 Å². The van der Waals surface area contributed by atoms with Gasteiger partial charge in [0.25, 0.3) is 0 Å². The standard InChI is InChI=1S/C21H25N3O3/c1-15(25)24-9-8-16-4-2-3-5-18(16)19(24)14-20(26)22-10-12-23(13-11-22)21(27)17-6-7-17/h2-5,8-9,17,19H,6-7,10-14H2,1H3. The van der Waals surface area contributed by atoms with Gasteiger partial charge in [0, 0.05) is 45.2 Å². The minimum atomic E-state index is -0.276. The number of piperazine rings is 1. The summed E-state index contributed by atoms with van der Waals surface area (Å²) in [6, 6.07) is 7.61. The van der Waals surface area contributed by atoms with Crippen molar-refractivity contribution < 1.29 is 14.4 Å². The fourth-order valence-corrected chi connectivity index (χ4v) is 3.97. The molecule has 1 unspecified atom stereocenters. The Labute approximate surface area is 159 Å². The molecule has 1 saturated heterocycles. The number of hydrogen-bond donors (Lipinski definition) is 0. The smallest absolute Gasteiger partial charge is 0.225 e. The van der Waals surface area contributed by atoms with Gasteiger partial charge in [-0.1, -0.05) is 24.3 Å². The molecule has 4 rings (SSSR count). The number of benzene rings is 1. The summed E-state index contributed by atoms with van der Waals surface area (Å²) < 4.78 is 0. The van der Waals surface area contributed by atoms with Crippen molar-refractivity contribution in [2.75, 3.05) is 26.2 Å². The predicted molar refractivity (Wildman–Crippen MR) is 101 cm³/mol. The van der Waals surface area contributed by atoms with Gasteiger partial charge in [0.2, 0.25) is 17.7 Å². The van der Waals surface area contributed by atoms with Crippen LogP contribution in [-0.4, -0.2) is 58.6 Å². The molecule has 3 amide bonds. The molecular formula is C21H25N3O3. The molecule has 0 spiro atoms. The molecule has 1 aromatic rings. The van der Waals surface area contributed by atoms with E-state index in [9.17, 15) is 14.4 Å². The molecule has 1 aliphatic carbocycles. The summed E-state index contributed by atoms with van der Waals surface area (Å²) in [4.78, 5) is 42.5. The Morgan fingerprint density at radius 1 is 1.00 bits per heavy atom. The van der Waals surface area contributed by atoms with Crippen LogP contribution in [-0.2, 0) is 14.4 Å². The SMILES string of the molecule is CC(=O)N1C=Cc2ccccc2C1CC(=O)N1CCN(C(=O)C2CC2)CC1. The molecule has 0 radical (unpaired) electrons. The van der Waals surface area contributed by atoms with Crippen LogP contribution in [0, 0.1) is 5.92 Å². The van der Waals surface area contributed by atoms with Crippen LogP contribution < -0.4 is 0 Å². The van der Waals surface area contributed by atoms with Crippen LogP contribution in [0.2, 0.25) is 0 Å². The molecule has 142 valence electrons. The molecule has 6 nitrogen and oxygen atoms in total. The number of carbonyl (C=O) groups excluding carboxylic acids is 3. The third-order valence-corrected chi connectivity index (χ3v) is 5.71. The number of nitrogens with zero attached hydrogens (tertiary/aromatic N) is 3. The zero-order valence-corrected chi connectivity index (χ0v) is 15.6. The van der Waals surface area contributed by atoms with Gasteiger partial charge >= 0.3 is 0 Å². The summed E-state index contributed by atoms with van der Waals surface area (Å²) in [6.07, 6.45) is 5.97. The van der Waals surface area contributed by atoms with Crippen LogP contribution in [0.15, 0.2) is 30.5 Å². The average molecular weight is 367 g/mol. The van der Waals surface area contributed by atoms with E-state index in [1.807, 2.05) is 40.1 Å².